The number of fused-ring (bicyclic) bond motifs is 1. The average Bonchev–Trinajstić information content (AvgIpc) is 3.16. The Morgan fingerprint density at radius 3 is 2.77 bits per heavy atom. The first-order valence-electron chi connectivity index (χ1n) is 8.85. The van der Waals surface area contributed by atoms with Gasteiger partial charge in [0.15, 0.2) is 5.65 Å². The molecule has 1 atom stereocenters. The largest absolute Gasteiger partial charge is 0.310 e. The molecule has 0 aromatic carbocycles. The van der Waals surface area contributed by atoms with E-state index >= 15 is 0 Å². The molecule has 0 spiro atoms. The van der Waals surface area contributed by atoms with Crippen molar-refractivity contribution in [1.82, 2.24) is 19.4 Å². The summed E-state index contributed by atoms with van der Waals surface area (Å²) in [5.74, 6) is 1.26. The second-order valence-corrected chi connectivity index (χ2v) is 7.02. The molecule has 4 rings (SSSR count). The molecule has 22 heavy (non-hydrogen) atoms. The van der Waals surface area contributed by atoms with E-state index in [1.165, 1.54) is 57.3 Å². The van der Waals surface area contributed by atoms with Gasteiger partial charge in [-0.25, -0.2) is 9.97 Å². The Morgan fingerprint density at radius 2 is 1.95 bits per heavy atom. The maximum atomic E-state index is 4.96. The lowest BCUT2D eigenvalue weighted by molar-refractivity contribution is 0.181. The van der Waals surface area contributed by atoms with Gasteiger partial charge >= 0.3 is 0 Å². The van der Waals surface area contributed by atoms with Crippen molar-refractivity contribution in [2.45, 2.75) is 63.5 Å². The summed E-state index contributed by atoms with van der Waals surface area (Å²) in [4.78, 5) is 12.1. The smallest absolute Gasteiger partial charge is 0.160 e. The minimum Gasteiger partial charge on any atom is -0.310 e. The highest BCUT2D eigenvalue weighted by atomic mass is 15.2. The standard InChI is InChI=1S/C18H26N4/c1-21-12-5-4-9-15(21)13-17-20-16-10-6-11-19-18(16)22(17)14-7-2-3-8-14/h6,10-11,14-15H,2-5,7-9,12-13H2,1H3. The highest BCUT2D eigenvalue weighted by Gasteiger charge is 2.26. The van der Waals surface area contributed by atoms with Gasteiger partial charge in [0, 0.05) is 24.7 Å². The van der Waals surface area contributed by atoms with Crippen LogP contribution in [0.3, 0.4) is 0 Å². The molecule has 1 saturated carbocycles. The molecule has 0 amide bonds. The third-order valence-electron chi connectivity index (χ3n) is 5.55. The van der Waals surface area contributed by atoms with Crippen molar-refractivity contribution < 1.29 is 0 Å². The van der Waals surface area contributed by atoms with Crippen molar-refractivity contribution in [3.8, 4) is 0 Å². The molecule has 1 aliphatic heterocycles. The zero-order chi connectivity index (χ0) is 14.9. The van der Waals surface area contributed by atoms with E-state index in [1.807, 2.05) is 12.3 Å². The maximum absolute atomic E-state index is 4.96. The number of likely N-dealkylation sites (tertiary alicyclic amines) is 1. The molecule has 3 heterocycles. The summed E-state index contributed by atoms with van der Waals surface area (Å²) in [6, 6.07) is 5.38. The van der Waals surface area contributed by atoms with Crippen molar-refractivity contribution >= 4 is 11.2 Å². The van der Waals surface area contributed by atoms with Crippen LogP contribution < -0.4 is 0 Å². The van der Waals surface area contributed by atoms with Gasteiger partial charge in [0.2, 0.25) is 0 Å². The van der Waals surface area contributed by atoms with Gasteiger partial charge in [-0.2, -0.15) is 0 Å². The lowest BCUT2D eigenvalue weighted by atomic mass is 9.99. The molecule has 2 aromatic heterocycles. The maximum Gasteiger partial charge on any atom is 0.160 e. The topological polar surface area (TPSA) is 34.0 Å². The Labute approximate surface area is 132 Å². The zero-order valence-corrected chi connectivity index (χ0v) is 13.5. The molecule has 1 saturated heterocycles. The minimum absolute atomic E-state index is 0.615. The van der Waals surface area contributed by atoms with Crippen molar-refractivity contribution in [1.29, 1.82) is 0 Å². The number of imidazole rings is 1. The number of likely N-dealkylation sites (N-methyl/N-ethyl adjacent to an activating group) is 1. The van der Waals surface area contributed by atoms with Gasteiger partial charge in [-0.3, -0.25) is 0 Å². The van der Waals surface area contributed by atoms with Crippen molar-refractivity contribution in [2.24, 2.45) is 0 Å². The van der Waals surface area contributed by atoms with Gasteiger partial charge in [-0.05, 0) is 51.4 Å². The summed E-state index contributed by atoms with van der Waals surface area (Å²) in [7, 11) is 2.27. The second-order valence-electron chi connectivity index (χ2n) is 7.02. The molecule has 4 nitrogen and oxygen atoms in total. The summed E-state index contributed by atoms with van der Waals surface area (Å²) in [5.41, 5.74) is 2.17. The third-order valence-corrected chi connectivity index (χ3v) is 5.55. The second kappa shape index (κ2) is 5.99. The SMILES string of the molecule is CN1CCCCC1Cc1nc2cccnc2n1C1CCCC1. The average molecular weight is 298 g/mol. The van der Waals surface area contributed by atoms with Gasteiger partial charge in [-0.1, -0.05) is 19.3 Å². The van der Waals surface area contributed by atoms with E-state index in [9.17, 15) is 0 Å². The number of aromatic nitrogens is 3. The van der Waals surface area contributed by atoms with E-state index in [2.05, 4.69) is 27.6 Å². The molecule has 2 aliphatic rings. The fourth-order valence-electron chi connectivity index (χ4n) is 4.28. The highest BCUT2D eigenvalue weighted by molar-refractivity contribution is 5.71. The predicted molar refractivity (Wildman–Crippen MR) is 89.0 cm³/mol. The first kappa shape index (κ1) is 14.2. The minimum atomic E-state index is 0.615. The van der Waals surface area contributed by atoms with E-state index in [0.29, 0.717) is 12.1 Å². The number of nitrogens with zero attached hydrogens (tertiary/aromatic N) is 4. The molecule has 0 radical (unpaired) electrons. The van der Waals surface area contributed by atoms with Crippen LogP contribution in [-0.2, 0) is 6.42 Å². The van der Waals surface area contributed by atoms with Crippen LogP contribution in [-0.4, -0.2) is 39.1 Å². The Kier molecular flexibility index (Phi) is 3.87. The van der Waals surface area contributed by atoms with Gasteiger partial charge in [0.05, 0.1) is 0 Å². The van der Waals surface area contributed by atoms with Gasteiger partial charge in [0.25, 0.3) is 0 Å². The Balaban J connectivity index is 1.70. The zero-order valence-electron chi connectivity index (χ0n) is 13.5. The van der Waals surface area contributed by atoms with E-state index in [1.54, 1.807) is 0 Å². The van der Waals surface area contributed by atoms with Crippen molar-refractivity contribution in [3.05, 3.63) is 24.2 Å². The number of pyridine rings is 1. The first-order chi connectivity index (χ1) is 10.8. The highest BCUT2D eigenvalue weighted by Crippen LogP contribution is 2.34. The summed E-state index contributed by atoms with van der Waals surface area (Å²) in [6.45, 7) is 1.23. The molecule has 1 aliphatic carbocycles. The lowest BCUT2D eigenvalue weighted by Gasteiger charge is -2.32. The Morgan fingerprint density at radius 1 is 1.14 bits per heavy atom. The van der Waals surface area contributed by atoms with Crippen LogP contribution in [0.4, 0.5) is 0 Å². The molecular formula is C18H26N4. The fourth-order valence-corrected chi connectivity index (χ4v) is 4.28. The monoisotopic (exact) mass is 298 g/mol. The van der Waals surface area contributed by atoms with Gasteiger partial charge < -0.3 is 9.47 Å². The van der Waals surface area contributed by atoms with E-state index in [4.69, 9.17) is 4.98 Å². The van der Waals surface area contributed by atoms with Gasteiger partial charge in [0.1, 0.15) is 11.3 Å². The van der Waals surface area contributed by atoms with E-state index < -0.39 is 0 Å². The molecule has 0 N–H and O–H groups in total. The molecule has 118 valence electrons. The van der Waals surface area contributed by atoms with Crippen LogP contribution >= 0.6 is 0 Å². The third kappa shape index (κ3) is 2.54. The van der Waals surface area contributed by atoms with Crippen molar-refractivity contribution in [2.75, 3.05) is 13.6 Å². The van der Waals surface area contributed by atoms with Gasteiger partial charge in [-0.15, -0.1) is 0 Å². The molecule has 2 fully saturated rings. The molecule has 2 aromatic rings. The van der Waals surface area contributed by atoms with Crippen molar-refractivity contribution in [3.63, 3.8) is 0 Å². The van der Waals surface area contributed by atoms with Crippen LogP contribution in [0.25, 0.3) is 11.2 Å². The quantitative estimate of drug-likeness (QED) is 0.868. The Bertz CT molecular complexity index is 642. The normalized spacial score (nSPS) is 24.3. The van der Waals surface area contributed by atoms with Crippen LogP contribution in [0.15, 0.2) is 18.3 Å². The predicted octanol–water partition coefficient (Wildman–Crippen LogP) is 3.57. The molecule has 0 bridgehead atoms. The summed E-state index contributed by atoms with van der Waals surface area (Å²) in [5, 5.41) is 0. The fraction of sp³-hybridized carbons (Fsp3) is 0.667. The number of hydrogen-bond acceptors (Lipinski definition) is 3. The summed E-state index contributed by atoms with van der Waals surface area (Å²) in [6.07, 6.45) is 12.3. The summed E-state index contributed by atoms with van der Waals surface area (Å²) >= 11 is 0. The van der Waals surface area contributed by atoms with Crippen LogP contribution in [0.2, 0.25) is 0 Å². The van der Waals surface area contributed by atoms with Crippen LogP contribution in [0.5, 0.6) is 0 Å². The lowest BCUT2D eigenvalue weighted by Crippen LogP contribution is -2.38. The van der Waals surface area contributed by atoms with Crippen LogP contribution in [0, 0.1) is 0 Å². The van der Waals surface area contributed by atoms with E-state index in [-0.39, 0.29) is 0 Å². The molecule has 1 unspecified atom stereocenters. The number of hydrogen-bond donors (Lipinski definition) is 0. The van der Waals surface area contributed by atoms with E-state index in [0.717, 1.165) is 17.6 Å². The number of rotatable bonds is 3. The first-order valence-corrected chi connectivity index (χ1v) is 8.85. The molecule has 4 heteroatoms. The number of piperidine rings is 1. The molecular weight excluding hydrogens is 272 g/mol. The van der Waals surface area contributed by atoms with Crippen LogP contribution in [0.1, 0.15) is 56.8 Å². The summed E-state index contributed by atoms with van der Waals surface area (Å²) < 4.78 is 2.48. The Hall–Kier alpha value is -1.42.